The van der Waals surface area contributed by atoms with Crippen LogP contribution in [0.15, 0.2) is 18.2 Å². The first-order chi connectivity index (χ1) is 11.6. The third kappa shape index (κ3) is 5.69. The van der Waals surface area contributed by atoms with Gasteiger partial charge in [0.2, 0.25) is 5.91 Å². The maximum Gasteiger partial charge on any atom is 0.220 e. The van der Waals surface area contributed by atoms with Crippen LogP contribution in [0.1, 0.15) is 37.4 Å². The molecule has 1 atom stereocenters. The number of benzene rings is 1. The van der Waals surface area contributed by atoms with Gasteiger partial charge in [0, 0.05) is 19.0 Å². The Morgan fingerprint density at radius 1 is 1.25 bits per heavy atom. The summed E-state index contributed by atoms with van der Waals surface area (Å²) >= 11 is 0. The van der Waals surface area contributed by atoms with Gasteiger partial charge in [0.15, 0.2) is 0 Å². The van der Waals surface area contributed by atoms with Crippen LogP contribution in [0.5, 0.6) is 11.5 Å². The molecule has 3 N–H and O–H groups in total. The topological polar surface area (TPSA) is 79.8 Å². The minimum absolute atomic E-state index is 0.0116. The Morgan fingerprint density at radius 3 is 2.46 bits per heavy atom. The van der Waals surface area contributed by atoms with Gasteiger partial charge in [-0.25, -0.2) is 0 Å². The summed E-state index contributed by atoms with van der Waals surface area (Å²) in [4.78, 5) is 12.0. The quantitative estimate of drug-likeness (QED) is 0.672. The van der Waals surface area contributed by atoms with E-state index in [1.54, 1.807) is 32.4 Å². The zero-order valence-corrected chi connectivity index (χ0v) is 14.5. The first-order valence-corrected chi connectivity index (χ1v) is 8.51. The molecular formula is C18H28N2O4. The smallest absolute Gasteiger partial charge is 0.220 e. The molecule has 1 unspecified atom stereocenters. The predicted octanol–water partition coefficient (Wildman–Crippen LogP) is 1.63. The highest BCUT2D eigenvalue weighted by Crippen LogP contribution is 2.26. The molecule has 1 amide bonds. The van der Waals surface area contributed by atoms with E-state index in [-0.39, 0.29) is 12.5 Å². The molecule has 1 aromatic carbocycles. The molecule has 24 heavy (non-hydrogen) atoms. The molecule has 1 fully saturated rings. The molecule has 0 aromatic heterocycles. The lowest BCUT2D eigenvalue weighted by molar-refractivity contribution is -0.121. The summed E-state index contributed by atoms with van der Waals surface area (Å²) < 4.78 is 10.4. The van der Waals surface area contributed by atoms with E-state index in [2.05, 4.69) is 10.6 Å². The molecule has 2 rings (SSSR count). The van der Waals surface area contributed by atoms with Crippen LogP contribution in [0, 0.1) is 5.92 Å². The fourth-order valence-corrected chi connectivity index (χ4v) is 2.94. The summed E-state index contributed by atoms with van der Waals surface area (Å²) in [6.07, 6.45) is 2.91. The number of piperidine rings is 1. The van der Waals surface area contributed by atoms with E-state index in [0.29, 0.717) is 29.4 Å². The van der Waals surface area contributed by atoms with Gasteiger partial charge < -0.3 is 25.2 Å². The third-order valence-corrected chi connectivity index (χ3v) is 4.49. The van der Waals surface area contributed by atoms with Crippen LogP contribution in [-0.4, -0.2) is 44.9 Å². The van der Waals surface area contributed by atoms with Crippen molar-refractivity contribution in [3.63, 3.8) is 0 Å². The highest BCUT2D eigenvalue weighted by Gasteiger charge is 2.16. The maximum atomic E-state index is 12.0. The van der Waals surface area contributed by atoms with Gasteiger partial charge in [-0.1, -0.05) is 0 Å². The average Bonchev–Trinajstić information content (AvgIpc) is 2.64. The minimum Gasteiger partial charge on any atom is -0.497 e. The van der Waals surface area contributed by atoms with E-state index in [0.717, 1.165) is 32.4 Å². The number of carbonyl (C=O) groups is 1. The highest BCUT2D eigenvalue weighted by molar-refractivity contribution is 5.75. The number of hydrogen-bond donors (Lipinski definition) is 3. The van der Waals surface area contributed by atoms with Crippen LogP contribution in [0.4, 0.5) is 0 Å². The van der Waals surface area contributed by atoms with Gasteiger partial charge in [-0.15, -0.1) is 0 Å². The predicted molar refractivity (Wildman–Crippen MR) is 92.3 cm³/mol. The van der Waals surface area contributed by atoms with E-state index in [9.17, 15) is 9.90 Å². The zero-order chi connectivity index (χ0) is 17.4. The first-order valence-electron chi connectivity index (χ1n) is 8.51. The van der Waals surface area contributed by atoms with Gasteiger partial charge in [0.1, 0.15) is 11.5 Å². The fraction of sp³-hybridized carbons (Fsp3) is 0.611. The highest BCUT2D eigenvalue weighted by atomic mass is 16.5. The van der Waals surface area contributed by atoms with E-state index in [4.69, 9.17) is 9.47 Å². The van der Waals surface area contributed by atoms with Crippen molar-refractivity contribution in [3.8, 4) is 11.5 Å². The van der Waals surface area contributed by atoms with Crippen molar-refractivity contribution in [2.75, 3.05) is 33.9 Å². The summed E-state index contributed by atoms with van der Waals surface area (Å²) in [5.41, 5.74) is 0.657. The molecule has 1 heterocycles. The van der Waals surface area contributed by atoms with E-state index in [1.165, 1.54) is 0 Å². The van der Waals surface area contributed by atoms with Crippen LogP contribution in [0.25, 0.3) is 0 Å². The normalized spacial score (nSPS) is 16.5. The maximum absolute atomic E-state index is 12.0. The van der Waals surface area contributed by atoms with Gasteiger partial charge in [-0.2, -0.15) is 0 Å². The molecule has 6 heteroatoms. The Labute approximate surface area is 143 Å². The number of aliphatic hydroxyl groups is 1. The Balaban J connectivity index is 1.79. The average molecular weight is 336 g/mol. The molecule has 0 spiro atoms. The number of hydrogen-bond acceptors (Lipinski definition) is 5. The minimum atomic E-state index is -0.795. The monoisotopic (exact) mass is 336 g/mol. The summed E-state index contributed by atoms with van der Waals surface area (Å²) in [5, 5.41) is 16.4. The SMILES string of the molecule is COc1cc(OC)cc(C(O)CNC(=O)CCC2CCNCC2)c1. The molecular weight excluding hydrogens is 308 g/mol. The van der Waals surface area contributed by atoms with Crippen molar-refractivity contribution >= 4 is 5.91 Å². The van der Waals surface area contributed by atoms with Crippen LogP contribution >= 0.6 is 0 Å². The van der Waals surface area contributed by atoms with Crippen molar-refractivity contribution in [1.82, 2.24) is 10.6 Å². The second-order valence-corrected chi connectivity index (χ2v) is 6.20. The summed E-state index contributed by atoms with van der Waals surface area (Å²) in [7, 11) is 3.13. The van der Waals surface area contributed by atoms with Crippen molar-refractivity contribution < 1.29 is 19.4 Å². The second-order valence-electron chi connectivity index (χ2n) is 6.20. The molecule has 1 aliphatic rings. The van der Waals surface area contributed by atoms with Crippen LogP contribution in [-0.2, 0) is 4.79 Å². The number of methoxy groups -OCH3 is 2. The largest absolute Gasteiger partial charge is 0.497 e. The van der Waals surface area contributed by atoms with E-state index >= 15 is 0 Å². The molecule has 6 nitrogen and oxygen atoms in total. The Hall–Kier alpha value is -1.79. The lowest BCUT2D eigenvalue weighted by atomic mass is 9.93. The van der Waals surface area contributed by atoms with Gasteiger partial charge in [-0.05, 0) is 56.0 Å². The van der Waals surface area contributed by atoms with Gasteiger partial charge in [0.05, 0.1) is 20.3 Å². The lowest BCUT2D eigenvalue weighted by Gasteiger charge is -2.22. The Bertz CT molecular complexity index is 508. The third-order valence-electron chi connectivity index (χ3n) is 4.49. The van der Waals surface area contributed by atoms with Crippen molar-refractivity contribution in [2.45, 2.75) is 31.8 Å². The number of aliphatic hydroxyl groups excluding tert-OH is 1. The number of carbonyl (C=O) groups excluding carboxylic acids is 1. The molecule has 1 aliphatic heterocycles. The van der Waals surface area contributed by atoms with Crippen molar-refractivity contribution in [3.05, 3.63) is 23.8 Å². The first kappa shape index (κ1) is 18.5. The van der Waals surface area contributed by atoms with Crippen molar-refractivity contribution in [1.29, 1.82) is 0 Å². The molecule has 1 aromatic rings. The molecule has 0 saturated carbocycles. The Kier molecular flexibility index (Phi) is 7.34. The molecule has 0 radical (unpaired) electrons. The van der Waals surface area contributed by atoms with E-state index in [1.807, 2.05) is 0 Å². The van der Waals surface area contributed by atoms with Crippen LogP contribution in [0.2, 0.25) is 0 Å². The van der Waals surface area contributed by atoms with E-state index < -0.39 is 6.10 Å². The van der Waals surface area contributed by atoms with Gasteiger partial charge in [0.25, 0.3) is 0 Å². The number of nitrogens with one attached hydrogen (secondary N) is 2. The Morgan fingerprint density at radius 2 is 1.88 bits per heavy atom. The van der Waals surface area contributed by atoms with Crippen molar-refractivity contribution in [2.24, 2.45) is 5.92 Å². The summed E-state index contributed by atoms with van der Waals surface area (Å²) in [6.45, 7) is 2.27. The van der Waals surface area contributed by atoms with Gasteiger partial charge in [-0.3, -0.25) is 4.79 Å². The summed E-state index contributed by atoms with van der Waals surface area (Å²) in [5.74, 6) is 1.84. The lowest BCUT2D eigenvalue weighted by Crippen LogP contribution is -2.31. The summed E-state index contributed by atoms with van der Waals surface area (Å²) in [6, 6.07) is 5.23. The standard InChI is InChI=1S/C18H28N2O4/c1-23-15-9-14(10-16(11-15)24-2)17(21)12-20-18(22)4-3-13-5-7-19-8-6-13/h9-11,13,17,19,21H,3-8,12H2,1-2H3,(H,20,22). The second kappa shape index (κ2) is 9.49. The molecule has 1 saturated heterocycles. The zero-order valence-electron chi connectivity index (χ0n) is 14.5. The fourth-order valence-electron chi connectivity index (χ4n) is 2.94. The number of rotatable bonds is 8. The van der Waals surface area contributed by atoms with Gasteiger partial charge >= 0.3 is 0 Å². The number of amides is 1. The number of ether oxygens (including phenoxy) is 2. The molecule has 0 bridgehead atoms. The molecule has 0 aliphatic carbocycles. The van der Waals surface area contributed by atoms with Crippen LogP contribution in [0.3, 0.4) is 0 Å². The van der Waals surface area contributed by atoms with Crippen LogP contribution < -0.4 is 20.1 Å². The molecule has 134 valence electrons.